The first-order chi connectivity index (χ1) is 6.61. The van der Waals surface area contributed by atoms with Gasteiger partial charge < -0.3 is 0 Å². The summed E-state index contributed by atoms with van der Waals surface area (Å²) in [6, 6.07) is 2.23. The SMILES string of the molecule is CCCc1c(C)nc(C)c(C#N)c1C. The van der Waals surface area contributed by atoms with Crippen molar-refractivity contribution >= 4 is 0 Å². The largest absolute Gasteiger partial charge is 0.257 e. The Morgan fingerprint density at radius 3 is 2.36 bits per heavy atom. The highest BCUT2D eigenvalue weighted by atomic mass is 14.7. The third kappa shape index (κ3) is 1.77. The summed E-state index contributed by atoms with van der Waals surface area (Å²) in [4.78, 5) is 4.40. The predicted octanol–water partition coefficient (Wildman–Crippen LogP) is 2.83. The molecule has 1 aromatic rings. The van der Waals surface area contributed by atoms with Crippen LogP contribution in [0.15, 0.2) is 0 Å². The molecule has 1 heterocycles. The second-order valence-corrected chi connectivity index (χ2v) is 3.62. The van der Waals surface area contributed by atoms with Gasteiger partial charge in [-0.05, 0) is 38.3 Å². The summed E-state index contributed by atoms with van der Waals surface area (Å²) in [7, 11) is 0. The average molecular weight is 188 g/mol. The molecule has 0 aliphatic heterocycles. The molecule has 0 N–H and O–H groups in total. The number of rotatable bonds is 2. The molecule has 14 heavy (non-hydrogen) atoms. The molecular formula is C12H16N2. The lowest BCUT2D eigenvalue weighted by Crippen LogP contribution is -2.02. The second kappa shape index (κ2) is 4.23. The van der Waals surface area contributed by atoms with Crippen LogP contribution in [0.4, 0.5) is 0 Å². The van der Waals surface area contributed by atoms with Crippen LogP contribution in [0.3, 0.4) is 0 Å². The molecule has 0 fully saturated rings. The fraction of sp³-hybridized carbons (Fsp3) is 0.500. The van der Waals surface area contributed by atoms with Crippen LogP contribution in [-0.2, 0) is 6.42 Å². The van der Waals surface area contributed by atoms with Crippen molar-refractivity contribution in [2.75, 3.05) is 0 Å². The molecule has 1 rings (SSSR count). The Labute approximate surface area is 85.6 Å². The Kier molecular flexibility index (Phi) is 3.24. The van der Waals surface area contributed by atoms with Crippen LogP contribution in [0.5, 0.6) is 0 Å². The van der Waals surface area contributed by atoms with Gasteiger partial charge in [0.05, 0.1) is 11.3 Å². The van der Waals surface area contributed by atoms with Crippen LogP contribution in [0.2, 0.25) is 0 Å². The normalized spacial score (nSPS) is 9.93. The van der Waals surface area contributed by atoms with Crippen LogP contribution < -0.4 is 0 Å². The smallest absolute Gasteiger partial charge is 0.101 e. The first-order valence-corrected chi connectivity index (χ1v) is 4.98. The number of aryl methyl sites for hydroxylation is 2. The minimum Gasteiger partial charge on any atom is -0.257 e. The summed E-state index contributed by atoms with van der Waals surface area (Å²) in [5, 5.41) is 8.99. The molecule has 0 saturated heterocycles. The lowest BCUT2D eigenvalue weighted by atomic mass is 9.98. The van der Waals surface area contributed by atoms with E-state index in [0.717, 1.165) is 35.4 Å². The third-order valence-corrected chi connectivity index (χ3v) is 2.57. The van der Waals surface area contributed by atoms with Crippen LogP contribution in [0.25, 0.3) is 0 Å². The summed E-state index contributed by atoms with van der Waals surface area (Å²) in [5.41, 5.74) is 5.02. The van der Waals surface area contributed by atoms with Gasteiger partial charge in [0.15, 0.2) is 0 Å². The molecule has 0 aliphatic rings. The zero-order valence-electron chi connectivity index (χ0n) is 9.31. The molecule has 0 bridgehead atoms. The Bertz CT molecular complexity index is 386. The van der Waals surface area contributed by atoms with Crippen LogP contribution in [-0.4, -0.2) is 4.98 Å². The fourth-order valence-electron chi connectivity index (χ4n) is 1.85. The van der Waals surface area contributed by atoms with Crippen molar-refractivity contribution in [2.24, 2.45) is 0 Å². The van der Waals surface area contributed by atoms with E-state index in [4.69, 9.17) is 5.26 Å². The number of nitriles is 1. The summed E-state index contributed by atoms with van der Waals surface area (Å²) >= 11 is 0. The quantitative estimate of drug-likeness (QED) is 0.715. The van der Waals surface area contributed by atoms with Crippen LogP contribution >= 0.6 is 0 Å². The van der Waals surface area contributed by atoms with Gasteiger partial charge in [0.25, 0.3) is 0 Å². The van der Waals surface area contributed by atoms with E-state index < -0.39 is 0 Å². The second-order valence-electron chi connectivity index (χ2n) is 3.62. The fourth-order valence-corrected chi connectivity index (χ4v) is 1.85. The van der Waals surface area contributed by atoms with Gasteiger partial charge in [-0.25, -0.2) is 0 Å². The number of aromatic nitrogens is 1. The Morgan fingerprint density at radius 2 is 1.86 bits per heavy atom. The van der Waals surface area contributed by atoms with Gasteiger partial charge in [-0.1, -0.05) is 13.3 Å². The van der Waals surface area contributed by atoms with Crippen molar-refractivity contribution in [1.29, 1.82) is 5.26 Å². The lowest BCUT2D eigenvalue weighted by molar-refractivity contribution is 0.879. The molecule has 0 saturated carbocycles. The van der Waals surface area contributed by atoms with Crippen molar-refractivity contribution in [1.82, 2.24) is 4.98 Å². The molecule has 1 aromatic heterocycles. The third-order valence-electron chi connectivity index (χ3n) is 2.57. The molecule has 0 spiro atoms. The van der Waals surface area contributed by atoms with E-state index in [1.54, 1.807) is 0 Å². The van der Waals surface area contributed by atoms with Gasteiger partial charge in [-0.2, -0.15) is 5.26 Å². The zero-order valence-corrected chi connectivity index (χ0v) is 9.31. The Morgan fingerprint density at radius 1 is 1.21 bits per heavy atom. The molecule has 0 atom stereocenters. The predicted molar refractivity (Wildman–Crippen MR) is 57.2 cm³/mol. The molecule has 0 unspecified atom stereocenters. The van der Waals surface area contributed by atoms with E-state index in [1.807, 2.05) is 20.8 Å². The van der Waals surface area contributed by atoms with Crippen molar-refractivity contribution in [3.8, 4) is 6.07 Å². The van der Waals surface area contributed by atoms with Crippen molar-refractivity contribution < 1.29 is 0 Å². The van der Waals surface area contributed by atoms with Crippen LogP contribution in [0, 0.1) is 32.1 Å². The first-order valence-electron chi connectivity index (χ1n) is 4.98. The molecule has 0 aliphatic carbocycles. The van der Waals surface area contributed by atoms with Gasteiger partial charge in [-0.3, -0.25) is 4.98 Å². The Balaban J connectivity index is 3.38. The minimum absolute atomic E-state index is 0.749. The first kappa shape index (κ1) is 10.7. The van der Waals surface area contributed by atoms with Crippen LogP contribution in [0.1, 0.15) is 41.4 Å². The summed E-state index contributed by atoms with van der Waals surface area (Å²) in [6.45, 7) is 8.08. The van der Waals surface area contributed by atoms with Crippen molar-refractivity contribution in [3.05, 3.63) is 28.1 Å². The molecule has 0 aromatic carbocycles. The lowest BCUT2D eigenvalue weighted by Gasteiger charge is -2.11. The molecule has 0 radical (unpaired) electrons. The van der Waals surface area contributed by atoms with Gasteiger partial charge >= 0.3 is 0 Å². The molecule has 0 amide bonds. The summed E-state index contributed by atoms with van der Waals surface area (Å²) in [6.07, 6.45) is 2.11. The highest BCUT2D eigenvalue weighted by molar-refractivity contribution is 5.46. The van der Waals surface area contributed by atoms with Gasteiger partial charge in [0, 0.05) is 5.69 Å². The van der Waals surface area contributed by atoms with E-state index in [-0.39, 0.29) is 0 Å². The Hall–Kier alpha value is -1.36. The monoisotopic (exact) mass is 188 g/mol. The minimum atomic E-state index is 0.749. The van der Waals surface area contributed by atoms with E-state index >= 15 is 0 Å². The van der Waals surface area contributed by atoms with E-state index in [2.05, 4.69) is 18.0 Å². The standard InChI is InChI=1S/C12H16N2/c1-5-6-11-8(2)12(7-13)10(4)14-9(11)3/h5-6H2,1-4H3. The summed E-state index contributed by atoms with van der Waals surface area (Å²) in [5.74, 6) is 0. The number of pyridine rings is 1. The number of hydrogen-bond donors (Lipinski definition) is 0. The maximum atomic E-state index is 8.99. The molecule has 2 nitrogen and oxygen atoms in total. The van der Waals surface area contributed by atoms with Crippen molar-refractivity contribution in [3.63, 3.8) is 0 Å². The van der Waals surface area contributed by atoms with E-state index in [1.165, 1.54) is 5.56 Å². The van der Waals surface area contributed by atoms with E-state index in [9.17, 15) is 0 Å². The highest BCUT2D eigenvalue weighted by Gasteiger charge is 2.10. The average Bonchev–Trinajstić information content (AvgIpc) is 2.12. The maximum Gasteiger partial charge on any atom is 0.101 e. The van der Waals surface area contributed by atoms with Gasteiger partial charge in [0.2, 0.25) is 0 Å². The molecule has 74 valence electrons. The molecular weight excluding hydrogens is 172 g/mol. The number of nitrogens with zero attached hydrogens (tertiary/aromatic N) is 2. The maximum absolute atomic E-state index is 8.99. The topological polar surface area (TPSA) is 36.7 Å². The van der Waals surface area contributed by atoms with Gasteiger partial charge in [-0.15, -0.1) is 0 Å². The number of hydrogen-bond acceptors (Lipinski definition) is 2. The molecule has 2 heteroatoms. The zero-order chi connectivity index (χ0) is 10.7. The highest BCUT2D eigenvalue weighted by Crippen LogP contribution is 2.19. The van der Waals surface area contributed by atoms with Gasteiger partial charge in [0.1, 0.15) is 6.07 Å². The summed E-state index contributed by atoms with van der Waals surface area (Å²) < 4.78 is 0. The van der Waals surface area contributed by atoms with E-state index in [0.29, 0.717) is 0 Å². The van der Waals surface area contributed by atoms with Crippen molar-refractivity contribution in [2.45, 2.75) is 40.5 Å².